The Labute approximate surface area is 340 Å². The van der Waals surface area contributed by atoms with Gasteiger partial charge in [-0.1, -0.05) is 65.3 Å². The highest BCUT2D eigenvalue weighted by molar-refractivity contribution is 6.01. The predicted molar refractivity (Wildman–Crippen MR) is 231 cm³/mol. The third kappa shape index (κ3) is 8.05. The number of amides is 2. The number of carbonyl (C=O) groups excluding carboxylic acids is 2. The van der Waals surface area contributed by atoms with E-state index in [1.165, 1.54) is 73.8 Å². The summed E-state index contributed by atoms with van der Waals surface area (Å²) in [5.41, 5.74) is 4.33. The normalized spacial score (nSPS) is 34.5. The lowest BCUT2D eigenvalue weighted by Crippen LogP contribution is -2.65. The van der Waals surface area contributed by atoms with Crippen LogP contribution in [0.25, 0.3) is 5.57 Å². The summed E-state index contributed by atoms with van der Waals surface area (Å²) in [7, 11) is 0. The van der Waals surface area contributed by atoms with Crippen molar-refractivity contribution in [3.63, 3.8) is 0 Å². The van der Waals surface area contributed by atoms with E-state index in [4.69, 9.17) is 0 Å². The molecule has 1 aromatic carbocycles. The van der Waals surface area contributed by atoms with Gasteiger partial charge in [0, 0.05) is 25.9 Å². The smallest absolute Gasteiger partial charge is 0.335 e. The summed E-state index contributed by atoms with van der Waals surface area (Å²) in [5, 5.41) is 13.3. The van der Waals surface area contributed by atoms with Crippen LogP contribution in [0.4, 0.5) is 0 Å². The number of benzene rings is 1. The lowest BCUT2D eigenvalue weighted by atomic mass is 9.32. The fraction of sp³-hybridized carbons (Fsp3) is 0.620. The van der Waals surface area contributed by atoms with Crippen molar-refractivity contribution in [3.05, 3.63) is 54.1 Å². The first-order valence-electron chi connectivity index (χ1n) is 20.8. The Kier molecular flexibility index (Phi) is 15.7. The quantitative estimate of drug-likeness (QED) is 0.119. The highest BCUT2D eigenvalue weighted by Crippen LogP contribution is 2.77. The van der Waals surface area contributed by atoms with Crippen molar-refractivity contribution in [3.8, 4) is 38.5 Å². The summed E-state index contributed by atoms with van der Waals surface area (Å²) in [6, 6.07) is 7.59. The van der Waals surface area contributed by atoms with E-state index >= 15 is 0 Å². The molecule has 5 aliphatic carbocycles. The number of nitrogens with one attached hydrogen (secondary N) is 1. The second-order valence-corrected chi connectivity index (χ2v) is 18.3. The molecule has 56 heavy (non-hydrogen) atoms. The van der Waals surface area contributed by atoms with Gasteiger partial charge in [0.2, 0.25) is 11.8 Å². The van der Waals surface area contributed by atoms with Crippen LogP contribution in [0.1, 0.15) is 141 Å². The number of allylic oxidation sites excluding steroid dienone is 3. The van der Waals surface area contributed by atoms with Gasteiger partial charge in [0.25, 0.3) is 0 Å². The summed E-state index contributed by atoms with van der Waals surface area (Å²) < 4.78 is 0. The zero-order valence-electron chi connectivity index (χ0n) is 35.4. The number of carboxylic acids is 1. The zero-order chi connectivity index (χ0) is 42.1. The van der Waals surface area contributed by atoms with Crippen LogP contribution in [0.2, 0.25) is 0 Å². The highest BCUT2D eigenvalue weighted by atomic mass is 16.4. The summed E-state index contributed by atoms with van der Waals surface area (Å²) in [4.78, 5) is 37.0. The van der Waals surface area contributed by atoms with Crippen LogP contribution in [-0.2, 0) is 9.59 Å². The van der Waals surface area contributed by atoms with E-state index in [0.717, 1.165) is 37.8 Å². The van der Waals surface area contributed by atoms with Gasteiger partial charge in [0.15, 0.2) is 0 Å². The highest BCUT2D eigenvalue weighted by Gasteiger charge is 2.69. The van der Waals surface area contributed by atoms with Crippen LogP contribution in [0.15, 0.2) is 43.0 Å². The van der Waals surface area contributed by atoms with Gasteiger partial charge >= 0.3 is 5.97 Å². The summed E-state index contributed by atoms with van der Waals surface area (Å²) in [6.07, 6.45) is 43.0. The molecule has 0 bridgehead atoms. The minimum absolute atomic E-state index is 0.00327. The van der Waals surface area contributed by atoms with Crippen molar-refractivity contribution in [2.24, 2.45) is 50.7 Å². The van der Waals surface area contributed by atoms with E-state index in [1.807, 2.05) is 19.1 Å². The molecule has 6 nitrogen and oxygen atoms in total. The fourth-order valence-corrected chi connectivity index (χ4v) is 13.5. The summed E-state index contributed by atoms with van der Waals surface area (Å²) in [6.45, 7) is 20.8. The Hall–Kier alpha value is -4.05. The molecule has 304 valence electrons. The Bertz CT molecular complexity index is 1620. The molecule has 6 heteroatoms. The molecule has 1 saturated heterocycles. The van der Waals surface area contributed by atoms with Crippen LogP contribution < -0.4 is 5.32 Å². The van der Waals surface area contributed by atoms with E-state index in [0.29, 0.717) is 53.0 Å². The lowest BCUT2D eigenvalue weighted by Gasteiger charge is -2.72. The van der Waals surface area contributed by atoms with Gasteiger partial charge < -0.3 is 10.4 Å². The third-order valence-corrected chi connectivity index (χ3v) is 15.9. The molecular formula is C50H70N2O4. The van der Waals surface area contributed by atoms with Crippen LogP contribution in [0.5, 0.6) is 0 Å². The number of aromatic carboxylic acids is 1. The van der Waals surface area contributed by atoms with Crippen molar-refractivity contribution >= 4 is 23.4 Å². The maximum absolute atomic E-state index is 12.0. The molecule has 2 amide bonds. The molecule has 5 fully saturated rings. The minimum Gasteiger partial charge on any atom is -0.478 e. The van der Waals surface area contributed by atoms with E-state index in [1.54, 1.807) is 18.2 Å². The molecule has 2 N–H and O–H groups in total. The van der Waals surface area contributed by atoms with Crippen LogP contribution in [-0.4, -0.2) is 47.4 Å². The van der Waals surface area contributed by atoms with Gasteiger partial charge in [-0.25, -0.2) is 4.79 Å². The van der Waals surface area contributed by atoms with Crippen LogP contribution in [0.3, 0.4) is 0 Å². The monoisotopic (exact) mass is 763 g/mol. The second kappa shape index (κ2) is 18.9. The zero-order valence-corrected chi connectivity index (χ0v) is 35.4. The Morgan fingerprint density at radius 3 is 2.04 bits per heavy atom. The molecule has 0 spiro atoms. The van der Waals surface area contributed by atoms with E-state index < -0.39 is 5.97 Å². The molecule has 1 aliphatic heterocycles. The molecule has 6 aliphatic rings. The number of likely N-dealkylation sites (tertiary alicyclic amines) is 1. The van der Waals surface area contributed by atoms with E-state index in [-0.39, 0.29) is 22.6 Å². The van der Waals surface area contributed by atoms with Gasteiger partial charge in [0.1, 0.15) is 0 Å². The lowest BCUT2D eigenvalue weighted by molar-refractivity contribution is -0.222. The van der Waals surface area contributed by atoms with Crippen molar-refractivity contribution in [1.29, 1.82) is 0 Å². The van der Waals surface area contributed by atoms with Gasteiger partial charge in [-0.3, -0.25) is 14.5 Å². The van der Waals surface area contributed by atoms with Crippen molar-refractivity contribution in [2.45, 2.75) is 125 Å². The Balaban J connectivity index is 0.000000867. The average molecular weight is 763 g/mol. The first kappa shape index (κ1) is 46.3. The minimum atomic E-state index is -0.865. The molecule has 4 saturated carbocycles. The Morgan fingerprint density at radius 1 is 0.839 bits per heavy atom. The standard InChI is InChI=1S/C41H58N2O4.C3H6.3C2H2/c1-37(2)29(27-9-11-28(12-10-27)36(46)47)17-20-38(3)32(37)18-21-40(5)33(38)14-13-30-31-8-6-19-41(31,23-22-39(30,40)4)26-42-24-7-25-43-34(44)15-16-35(43)45;1-3-2;3*1-2/h9-12,17,30-33,42H,6-8,13-16,18-26H2,1-5H3,(H,46,47);3H,1H2,2H3;3*1-2H/t30-,31?,32?,33?,38+,39-,40-,41-;;;;/m1..../s1. The Morgan fingerprint density at radius 2 is 1.45 bits per heavy atom. The van der Waals surface area contributed by atoms with Gasteiger partial charge in [-0.05, 0) is 152 Å². The van der Waals surface area contributed by atoms with Gasteiger partial charge in [-0.2, -0.15) is 0 Å². The predicted octanol–water partition coefficient (Wildman–Crippen LogP) is 10.3. The number of nitrogens with zero attached hydrogens (tertiary/aromatic N) is 1. The molecule has 0 radical (unpaired) electrons. The van der Waals surface area contributed by atoms with Crippen LogP contribution >= 0.6 is 0 Å². The van der Waals surface area contributed by atoms with Crippen molar-refractivity contribution < 1.29 is 19.5 Å². The summed E-state index contributed by atoms with van der Waals surface area (Å²) >= 11 is 0. The number of imide groups is 1. The number of fused-ring (bicyclic) bond motifs is 7. The van der Waals surface area contributed by atoms with E-state index in [9.17, 15) is 19.5 Å². The fourth-order valence-electron chi connectivity index (χ4n) is 13.5. The van der Waals surface area contributed by atoms with Gasteiger partial charge in [0.05, 0.1) is 5.56 Å². The third-order valence-electron chi connectivity index (χ3n) is 15.9. The topological polar surface area (TPSA) is 86.7 Å². The molecule has 8 atom stereocenters. The molecule has 3 unspecified atom stereocenters. The maximum Gasteiger partial charge on any atom is 0.335 e. The van der Waals surface area contributed by atoms with Crippen molar-refractivity contribution in [2.75, 3.05) is 19.6 Å². The first-order valence-corrected chi connectivity index (χ1v) is 20.8. The molecule has 7 rings (SSSR count). The maximum atomic E-state index is 12.0. The number of carboxylic acid groups (broad SMARTS) is 1. The number of hydrogen-bond donors (Lipinski definition) is 2. The number of carbonyl (C=O) groups is 3. The number of rotatable bonds is 8. The first-order chi connectivity index (χ1) is 26.7. The SMILES string of the molecule is C#C.C#C.C#C.C=CC.CC1(C)C(c2ccc(C(=O)O)cc2)=CC[C@@]2(C)C1CC[C@]1(C)C2CC[C@@H]2C3CCC[C@]3(CNCCCN3C(=O)CCC3=O)CC[C@]21C. The van der Waals surface area contributed by atoms with Crippen LogP contribution in [0, 0.1) is 89.3 Å². The number of hydrogen-bond acceptors (Lipinski definition) is 4. The van der Waals surface area contributed by atoms with Crippen molar-refractivity contribution in [1.82, 2.24) is 10.2 Å². The average Bonchev–Trinajstić information content (AvgIpc) is 3.76. The molecular weight excluding hydrogens is 693 g/mol. The van der Waals surface area contributed by atoms with E-state index in [2.05, 4.69) is 91.1 Å². The molecule has 1 heterocycles. The molecule has 1 aromatic rings. The van der Waals surface area contributed by atoms with Gasteiger partial charge in [-0.15, -0.1) is 45.1 Å². The second-order valence-electron chi connectivity index (χ2n) is 18.3. The molecule has 0 aromatic heterocycles. The summed E-state index contributed by atoms with van der Waals surface area (Å²) in [5.74, 6) is 2.04. The largest absolute Gasteiger partial charge is 0.478 e. The number of terminal acetylenes is 3.